The maximum Gasteiger partial charge on any atom is 0.303 e. The van der Waals surface area contributed by atoms with E-state index in [1.54, 1.807) is 0 Å². The molecule has 1 aliphatic heterocycles. The van der Waals surface area contributed by atoms with Crippen LogP contribution in [-0.4, -0.2) is 39.3 Å². The first kappa shape index (κ1) is 21.8. The van der Waals surface area contributed by atoms with E-state index in [-0.39, 0.29) is 35.5 Å². The number of carbonyl (C=O) groups is 3. The fraction of sp³-hybridized carbons (Fsp3) is 0.190. The molecule has 2 N–H and O–H groups in total. The van der Waals surface area contributed by atoms with E-state index >= 15 is 0 Å². The Bertz CT molecular complexity index is 1050. The number of nitrogens with zero attached hydrogens (tertiary/aromatic N) is 1. The first-order valence-electron chi connectivity index (χ1n) is 8.91. The van der Waals surface area contributed by atoms with Gasteiger partial charge in [0.15, 0.2) is 0 Å². The normalized spacial score (nSPS) is 18.1. The molecule has 2 aromatic rings. The highest BCUT2D eigenvalue weighted by Gasteiger charge is 2.46. The average Bonchev–Trinajstić information content (AvgIpc) is 2.93. The van der Waals surface area contributed by atoms with Crippen molar-refractivity contribution in [2.45, 2.75) is 18.9 Å². The van der Waals surface area contributed by atoms with Gasteiger partial charge in [-0.25, -0.2) is 4.39 Å². The van der Waals surface area contributed by atoms with Crippen LogP contribution in [0.15, 0.2) is 48.0 Å². The number of ketones is 1. The molecule has 3 rings (SSSR count). The van der Waals surface area contributed by atoms with Crippen LogP contribution in [0.4, 0.5) is 4.39 Å². The van der Waals surface area contributed by atoms with Crippen molar-refractivity contribution in [2.75, 3.05) is 6.54 Å². The molecule has 0 aliphatic carbocycles. The van der Waals surface area contributed by atoms with Crippen molar-refractivity contribution >= 4 is 46.6 Å². The number of carboxylic acid groups (broad SMARTS) is 1. The molecule has 0 bridgehead atoms. The maximum absolute atomic E-state index is 13.3. The third kappa shape index (κ3) is 4.32. The molecule has 6 nitrogen and oxygen atoms in total. The molecule has 1 saturated heterocycles. The number of halogens is 3. The lowest BCUT2D eigenvalue weighted by atomic mass is 9.95. The number of hydrogen-bond acceptors (Lipinski definition) is 4. The van der Waals surface area contributed by atoms with Gasteiger partial charge in [-0.2, -0.15) is 0 Å². The zero-order valence-corrected chi connectivity index (χ0v) is 17.0. The van der Waals surface area contributed by atoms with Crippen molar-refractivity contribution in [1.29, 1.82) is 0 Å². The van der Waals surface area contributed by atoms with E-state index in [4.69, 9.17) is 28.3 Å². The fourth-order valence-electron chi connectivity index (χ4n) is 3.32. The summed E-state index contributed by atoms with van der Waals surface area (Å²) >= 11 is 12.3. The van der Waals surface area contributed by atoms with E-state index in [9.17, 15) is 23.9 Å². The van der Waals surface area contributed by atoms with Crippen LogP contribution < -0.4 is 0 Å². The number of carboxylic acids is 1. The number of benzene rings is 2. The number of amides is 1. The van der Waals surface area contributed by atoms with Crippen LogP contribution in [0, 0.1) is 5.82 Å². The second kappa shape index (κ2) is 8.85. The maximum atomic E-state index is 13.3. The van der Waals surface area contributed by atoms with Gasteiger partial charge in [0.25, 0.3) is 11.7 Å². The molecule has 1 aliphatic rings. The van der Waals surface area contributed by atoms with Gasteiger partial charge in [0.05, 0.1) is 11.6 Å². The highest BCUT2D eigenvalue weighted by Crippen LogP contribution is 2.42. The van der Waals surface area contributed by atoms with E-state index in [0.29, 0.717) is 10.6 Å². The lowest BCUT2D eigenvalue weighted by Crippen LogP contribution is -2.31. The molecule has 156 valence electrons. The van der Waals surface area contributed by atoms with Gasteiger partial charge in [-0.3, -0.25) is 14.4 Å². The Balaban J connectivity index is 2.14. The van der Waals surface area contributed by atoms with Crippen LogP contribution in [0.1, 0.15) is 30.0 Å². The molecule has 0 radical (unpaired) electrons. The highest BCUT2D eigenvalue weighted by molar-refractivity contribution is 6.47. The summed E-state index contributed by atoms with van der Waals surface area (Å²) in [5.74, 6) is -3.88. The number of aliphatic hydroxyl groups excluding tert-OH is 1. The van der Waals surface area contributed by atoms with Gasteiger partial charge < -0.3 is 15.1 Å². The molecule has 0 aromatic heterocycles. The first-order valence-corrected chi connectivity index (χ1v) is 9.67. The van der Waals surface area contributed by atoms with Crippen LogP contribution in [-0.2, 0) is 14.4 Å². The topological polar surface area (TPSA) is 94.9 Å². The number of hydrogen-bond donors (Lipinski definition) is 2. The Hall–Kier alpha value is -2.90. The first-order chi connectivity index (χ1) is 14.2. The Morgan fingerprint density at radius 3 is 2.33 bits per heavy atom. The zero-order chi connectivity index (χ0) is 22.0. The van der Waals surface area contributed by atoms with E-state index in [1.165, 1.54) is 35.2 Å². The van der Waals surface area contributed by atoms with Crippen LogP contribution in [0.25, 0.3) is 5.76 Å². The highest BCUT2D eigenvalue weighted by atomic mass is 35.5. The van der Waals surface area contributed by atoms with Gasteiger partial charge in [0.2, 0.25) is 0 Å². The van der Waals surface area contributed by atoms with Gasteiger partial charge in [-0.1, -0.05) is 29.3 Å². The largest absolute Gasteiger partial charge is 0.507 e. The fourth-order valence-corrected chi connectivity index (χ4v) is 3.83. The number of aliphatic carboxylic acids is 1. The number of Topliss-reactive ketones (excluding diaryl/α,β-unsaturated/α-hetero) is 1. The molecule has 1 atom stereocenters. The molecule has 30 heavy (non-hydrogen) atoms. The minimum Gasteiger partial charge on any atom is -0.507 e. The number of likely N-dealkylation sites (tertiary alicyclic amines) is 1. The lowest BCUT2D eigenvalue weighted by molar-refractivity contribution is -0.140. The third-order valence-electron chi connectivity index (χ3n) is 4.70. The molecule has 1 amide bonds. The summed E-state index contributed by atoms with van der Waals surface area (Å²) in [5, 5.41) is 20.2. The standard InChI is InChI=1S/C21H16Cl2FNO5/c22-12-5-8-14(15(23)10-12)18-17(19(28)11-3-6-13(24)7-4-11)20(29)21(30)25(18)9-1-2-16(26)27/h3-8,10,18,28H,1-2,9H2,(H,26,27)/t18-/m1/s1. The summed E-state index contributed by atoms with van der Waals surface area (Å²) in [6, 6.07) is 8.24. The van der Waals surface area contributed by atoms with Crippen LogP contribution in [0.2, 0.25) is 10.0 Å². The zero-order valence-electron chi connectivity index (χ0n) is 15.4. The molecule has 1 heterocycles. The van der Waals surface area contributed by atoms with E-state index in [1.807, 2.05) is 0 Å². The molecule has 0 unspecified atom stereocenters. The van der Waals surface area contributed by atoms with E-state index in [0.717, 1.165) is 12.1 Å². The monoisotopic (exact) mass is 451 g/mol. The number of rotatable bonds is 6. The van der Waals surface area contributed by atoms with Crippen LogP contribution in [0.5, 0.6) is 0 Å². The second-order valence-corrected chi connectivity index (χ2v) is 7.51. The van der Waals surface area contributed by atoms with Crippen molar-refractivity contribution < 1.29 is 29.0 Å². The Labute approximate surface area is 181 Å². The Morgan fingerprint density at radius 1 is 1.07 bits per heavy atom. The third-order valence-corrected chi connectivity index (χ3v) is 5.27. The molecular formula is C21H16Cl2FNO5. The summed E-state index contributed by atoms with van der Waals surface area (Å²) in [6.07, 6.45) is -0.108. The second-order valence-electron chi connectivity index (χ2n) is 6.66. The summed E-state index contributed by atoms with van der Waals surface area (Å²) in [6.45, 7) is -0.0410. The molecular weight excluding hydrogens is 436 g/mol. The van der Waals surface area contributed by atoms with Crippen molar-refractivity contribution in [3.63, 3.8) is 0 Å². The SMILES string of the molecule is O=C(O)CCCN1C(=O)C(=O)C(=C(O)c2ccc(F)cc2)[C@H]1c1ccc(Cl)cc1Cl. The van der Waals surface area contributed by atoms with Crippen LogP contribution in [0.3, 0.4) is 0 Å². The summed E-state index contributed by atoms with van der Waals surface area (Å²) in [4.78, 5) is 37.5. The summed E-state index contributed by atoms with van der Waals surface area (Å²) in [7, 11) is 0. The molecule has 0 saturated carbocycles. The van der Waals surface area contributed by atoms with Crippen molar-refractivity contribution in [3.05, 3.63) is 75.0 Å². The summed E-state index contributed by atoms with van der Waals surface area (Å²) in [5.41, 5.74) is 0.278. The molecule has 2 aromatic carbocycles. The Morgan fingerprint density at radius 2 is 1.73 bits per heavy atom. The van der Waals surface area contributed by atoms with Gasteiger partial charge in [0.1, 0.15) is 11.6 Å². The molecule has 1 fully saturated rings. The average molecular weight is 452 g/mol. The molecule has 0 spiro atoms. The minimum absolute atomic E-state index is 0.0410. The number of aliphatic hydroxyl groups is 1. The van der Waals surface area contributed by atoms with Gasteiger partial charge in [-0.15, -0.1) is 0 Å². The van der Waals surface area contributed by atoms with Gasteiger partial charge >= 0.3 is 5.97 Å². The van der Waals surface area contributed by atoms with Gasteiger partial charge in [-0.05, 0) is 48.4 Å². The van der Waals surface area contributed by atoms with Crippen molar-refractivity contribution in [2.24, 2.45) is 0 Å². The summed E-state index contributed by atoms with van der Waals surface area (Å²) < 4.78 is 13.3. The van der Waals surface area contributed by atoms with Gasteiger partial charge in [0, 0.05) is 28.6 Å². The predicted octanol–water partition coefficient (Wildman–Crippen LogP) is 4.42. The van der Waals surface area contributed by atoms with E-state index in [2.05, 4.69) is 0 Å². The number of carbonyl (C=O) groups excluding carboxylic acids is 2. The van der Waals surface area contributed by atoms with Crippen LogP contribution >= 0.6 is 23.2 Å². The van der Waals surface area contributed by atoms with Crippen molar-refractivity contribution in [1.82, 2.24) is 4.90 Å². The quantitative estimate of drug-likeness (QED) is 0.385. The predicted molar refractivity (Wildman–Crippen MR) is 109 cm³/mol. The lowest BCUT2D eigenvalue weighted by Gasteiger charge is -2.26. The Kier molecular flexibility index (Phi) is 6.43. The van der Waals surface area contributed by atoms with Crippen molar-refractivity contribution in [3.8, 4) is 0 Å². The van der Waals surface area contributed by atoms with E-state index < -0.39 is 35.3 Å². The minimum atomic E-state index is -1.05. The smallest absolute Gasteiger partial charge is 0.303 e. The molecule has 9 heteroatoms.